The van der Waals surface area contributed by atoms with Gasteiger partial charge in [0.2, 0.25) is 15.9 Å². The molecule has 0 saturated heterocycles. The normalized spacial score (nSPS) is 11.1. The number of hydrogen-bond acceptors (Lipinski definition) is 5. The van der Waals surface area contributed by atoms with E-state index in [4.69, 9.17) is 9.47 Å². The molecule has 0 atom stereocenters. The second-order valence-electron chi connectivity index (χ2n) is 6.18. The lowest BCUT2D eigenvalue weighted by Gasteiger charge is -2.22. The van der Waals surface area contributed by atoms with Crippen molar-refractivity contribution in [1.29, 1.82) is 0 Å². The molecule has 1 N–H and O–H groups in total. The maximum Gasteiger partial charge on any atom is 0.245 e. The highest BCUT2D eigenvalue weighted by Crippen LogP contribution is 2.25. The Morgan fingerprint density at radius 1 is 1.11 bits per heavy atom. The Morgan fingerprint density at radius 2 is 1.74 bits per heavy atom. The number of benzene rings is 2. The van der Waals surface area contributed by atoms with Crippen LogP contribution in [0.5, 0.6) is 11.5 Å². The molecule has 0 saturated carbocycles. The number of ether oxygens (including phenoxy) is 2. The van der Waals surface area contributed by atoms with Gasteiger partial charge in [-0.1, -0.05) is 12.1 Å². The maximum atomic E-state index is 12.4. The van der Waals surface area contributed by atoms with Crippen LogP contribution in [0, 0.1) is 0 Å². The first-order valence-corrected chi connectivity index (χ1v) is 10.2. The highest BCUT2D eigenvalue weighted by Gasteiger charge is 2.21. The molecule has 0 spiro atoms. The van der Waals surface area contributed by atoms with E-state index in [0.717, 1.165) is 10.6 Å². The minimum Gasteiger partial charge on any atom is -0.495 e. The molecule has 27 heavy (non-hydrogen) atoms. The average Bonchev–Trinajstić information content (AvgIpc) is 2.59. The molecule has 0 unspecified atom stereocenters. The Kier molecular flexibility index (Phi) is 6.68. The lowest BCUT2D eigenvalue weighted by atomic mass is 10.3. The van der Waals surface area contributed by atoms with Gasteiger partial charge in [-0.3, -0.25) is 9.10 Å². The van der Waals surface area contributed by atoms with Crippen molar-refractivity contribution in [2.45, 2.75) is 20.0 Å². The van der Waals surface area contributed by atoms with Gasteiger partial charge in [-0.05, 0) is 50.2 Å². The molecular weight excluding hydrogens is 368 g/mol. The van der Waals surface area contributed by atoms with E-state index in [-0.39, 0.29) is 12.6 Å². The van der Waals surface area contributed by atoms with Crippen molar-refractivity contribution in [2.24, 2.45) is 0 Å². The number of hydrogen-bond donors (Lipinski definition) is 1. The molecular formula is C19H24N2O5S. The summed E-state index contributed by atoms with van der Waals surface area (Å²) >= 11 is 0. The van der Waals surface area contributed by atoms with Gasteiger partial charge < -0.3 is 14.8 Å². The summed E-state index contributed by atoms with van der Waals surface area (Å²) in [6.45, 7) is 3.44. The largest absolute Gasteiger partial charge is 0.495 e. The Bertz CT molecular complexity index is 879. The van der Waals surface area contributed by atoms with Crippen molar-refractivity contribution in [1.82, 2.24) is 0 Å². The second kappa shape index (κ2) is 8.77. The molecule has 0 radical (unpaired) electrons. The SMILES string of the molecule is COc1ccccc1NC(=O)CN(c1ccc(OC(C)C)cc1)S(C)(=O)=O. The van der Waals surface area contributed by atoms with Gasteiger partial charge >= 0.3 is 0 Å². The van der Waals surface area contributed by atoms with Crippen LogP contribution in [0.3, 0.4) is 0 Å². The van der Waals surface area contributed by atoms with Crippen LogP contribution in [0.1, 0.15) is 13.8 Å². The minimum absolute atomic E-state index is 0.00786. The summed E-state index contributed by atoms with van der Waals surface area (Å²) in [5.74, 6) is 0.639. The zero-order valence-corrected chi connectivity index (χ0v) is 16.6. The molecule has 2 aromatic carbocycles. The van der Waals surface area contributed by atoms with Crippen LogP contribution in [0.2, 0.25) is 0 Å². The zero-order chi connectivity index (χ0) is 20.0. The molecule has 0 bridgehead atoms. The standard InChI is InChI=1S/C19H24N2O5S/c1-14(2)26-16-11-9-15(10-12-16)21(27(4,23)24)13-19(22)20-17-7-5-6-8-18(17)25-3/h5-12,14H,13H2,1-4H3,(H,20,22). The summed E-state index contributed by atoms with van der Waals surface area (Å²) in [7, 11) is -2.16. The molecule has 0 aliphatic heterocycles. The Balaban J connectivity index is 2.18. The van der Waals surface area contributed by atoms with Crippen molar-refractivity contribution >= 4 is 27.3 Å². The van der Waals surface area contributed by atoms with Gasteiger partial charge in [0.15, 0.2) is 0 Å². The first kappa shape index (κ1) is 20.6. The highest BCUT2D eigenvalue weighted by molar-refractivity contribution is 7.92. The summed E-state index contributed by atoms with van der Waals surface area (Å²) in [6, 6.07) is 13.5. The molecule has 0 aromatic heterocycles. The number of sulfonamides is 1. The summed E-state index contributed by atoms with van der Waals surface area (Å²) in [6.07, 6.45) is 1.07. The van der Waals surface area contributed by atoms with Crippen LogP contribution in [-0.4, -0.2) is 40.3 Å². The van der Waals surface area contributed by atoms with Crippen LogP contribution in [-0.2, 0) is 14.8 Å². The molecule has 7 nitrogen and oxygen atoms in total. The van der Waals surface area contributed by atoms with Crippen LogP contribution >= 0.6 is 0 Å². The van der Waals surface area contributed by atoms with E-state index in [1.807, 2.05) is 13.8 Å². The molecule has 1 amide bonds. The van der Waals surface area contributed by atoms with Crippen molar-refractivity contribution < 1.29 is 22.7 Å². The molecule has 0 heterocycles. The fourth-order valence-corrected chi connectivity index (χ4v) is 3.29. The third kappa shape index (κ3) is 5.89. The van der Waals surface area contributed by atoms with Gasteiger partial charge in [0.05, 0.1) is 30.8 Å². The molecule has 8 heteroatoms. The molecule has 0 fully saturated rings. The molecule has 0 aliphatic carbocycles. The number of methoxy groups -OCH3 is 1. The third-order valence-electron chi connectivity index (χ3n) is 3.57. The molecule has 0 aliphatic rings. The maximum absolute atomic E-state index is 12.4. The number of anilines is 2. The Hall–Kier alpha value is -2.74. The smallest absolute Gasteiger partial charge is 0.245 e. The van der Waals surface area contributed by atoms with Gasteiger partial charge in [0, 0.05) is 0 Å². The van der Waals surface area contributed by atoms with Crippen molar-refractivity contribution in [3.63, 3.8) is 0 Å². The van der Waals surface area contributed by atoms with Crippen LogP contribution in [0.4, 0.5) is 11.4 Å². The lowest BCUT2D eigenvalue weighted by Crippen LogP contribution is -2.37. The Labute approximate surface area is 160 Å². The van der Waals surface area contributed by atoms with E-state index in [1.54, 1.807) is 48.5 Å². The quantitative estimate of drug-likeness (QED) is 0.747. The number of para-hydroxylation sites is 2. The fraction of sp³-hybridized carbons (Fsp3) is 0.316. The summed E-state index contributed by atoms with van der Waals surface area (Å²) in [5, 5.41) is 2.68. The van der Waals surface area contributed by atoms with Crippen LogP contribution < -0.4 is 19.1 Å². The van der Waals surface area contributed by atoms with E-state index in [2.05, 4.69) is 5.32 Å². The second-order valence-corrected chi connectivity index (χ2v) is 8.09. The minimum atomic E-state index is -3.66. The number of carbonyl (C=O) groups excluding carboxylic acids is 1. The predicted molar refractivity (Wildman–Crippen MR) is 106 cm³/mol. The number of nitrogens with one attached hydrogen (secondary N) is 1. The van der Waals surface area contributed by atoms with E-state index in [9.17, 15) is 13.2 Å². The first-order valence-electron chi connectivity index (χ1n) is 8.38. The van der Waals surface area contributed by atoms with E-state index in [1.165, 1.54) is 7.11 Å². The van der Waals surface area contributed by atoms with E-state index in [0.29, 0.717) is 22.9 Å². The first-order chi connectivity index (χ1) is 12.7. The van der Waals surface area contributed by atoms with Gasteiger partial charge in [-0.15, -0.1) is 0 Å². The van der Waals surface area contributed by atoms with Crippen LogP contribution in [0.15, 0.2) is 48.5 Å². The summed E-state index contributed by atoms with van der Waals surface area (Å²) in [5.41, 5.74) is 0.850. The number of amides is 1. The lowest BCUT2D eigenvalue weighted by molar-refractivity contribution is -0.114. The van der Waals surface area contributed by atoms with Gasteiger partial charge in [-0.2, -0.15) is 0 Å². The van der Waals surface area contributed by atoms with Crippen molar-refractivity contribution in [3.8, 4) is 11.5 Å². The monoisotopic (exact) mass is 392 g/mol. The Morgan fingerprint density at radius 3 is 2.30 bits per heavy atom. The van der Waals surface area contributed by atoms with Gasteiger partial charge in [0.25, 0.3) is 0 Å². The number of carbonyl (C=O) groups is 1. The third-order valence-corrected chi connectivity index (χ3v) is 4.71. The number of rotatable bonds is 8. The zero-order valence-electron chi connectivity index (χ0n) is 15.8. The average molecular weight is 392 g/mol. The van der Waals surface area contributed by atoms with E-state index >= 15 is 0 Å². The summed E-state index contributed by atoms with van der Waals surface area (Å²) < 4.78 is 36.2. The highest BCUT2D eigenvalue weighted by atomic mass is 32.2. The molecule has 2 rings (SSSR count). The fourth-order valence-electron chi connectivity index (χ4n) is 2.43. The van der Waals surface area contributed by atoms with Crippen LogP contribution in [0.25, 0.3) is 0 Å². The van der Waals surface area contributed by atoms with Crippen molar-refractivity contribution in [3.05, 3.63) is 48.5 Å². The summed E-state index contributed by atoms with van der Waals surface area (Å²) in [4.78, 5) is 12.4. The number of nitrogens with zero attached hydrogens (tertiary/aromatic N) is 1. The van der Waals surface area contributed by atoms with Crippen molar-refractivity contribution in [2.75, 3.05) is 29.5 Å². The molecule has 146 valence electrons. The van der Waals surface area contributed by atoms with E-state index < -0.39 is 15.9 Å². The van der Waals surface area contributed by atoms with Gasteiger partial charge in [0.1, 0.15) is 18.0 Å². The van der Waals surface area contributed by atoms with Gasteiger partial charge in [-0.25, -0.2) is 8.42 Å². The predicted octanol–water partition coefficient (Wildman–Crippen LogP) is 2.89. The molecule has 2 aromatic rings. The topological polar surface area (TPSA) is 84.9 Å².